The topological polar surface area (TPSA) is 55.9 Å². The molecule has 0 saturated carbocycles. The molecule has 5 nitrogen and oxygen atoms in total. The molecular weight excluding hydrogens is 362 g/mol. The van der Waals surface area contributed by atoms with Crippen LogP contribution in [0.4, 0.5) is 0 Å². The van der Waals surface area contributed by atoms with Crippen LogP contribution in [0.25, 0.3) is 16.0 Å². The molecule has 0 fully saturated rings. The predicted octanol–water partition coefficient (Wildman–Crippen LogP) is 4.28. The molecule has 0 aliphatic heterocycles. The van der Waals surface area contributed by atoms with Crippen LogP contribution in [-0.4, -0.2) is 14.1 Å². The normalized spacial score (nSPS) is 11.2. The molecule has 0 spiro atoms. The van der Waals surface area contributed by atoms with E-state index in [1.807, 2.05) is 41.0 Å². The summed E-state index contributed by atoms with van der Waals surface area (Å²) in [6, 6.07) is 13.2. The fourth-order valence-electron chi connectivity index (χ4n) is 2.53. The number of H-pyrrole nitrogens is 1. The first-order chi connectivity index (χ1) is 11.6. The van der Waals surface area contributed by atoms with E-state index in [1.54, 1.807) is 12.3 Å². The van der Waals surface area contributed by atoms with E-state index in [-0.39, 0.29) is 12.1 Å². The number of rotatable bonds is 3. The summed E-state index contributed by atoms with van der Waals surface area (Å²) < 4.78 is 10.1. The smallest absolute Gasteiger partial charge is 0.274 e. The highest BCUT2D eigenvalue weighted by molar-refractivity contribution is 7.73. The Balaban J connectivity index is 1.98. The van der Waals surface area contributed by atoms with Crippen LogP contribution in [0.5, 0.6) is 0 Å². The molecule has 1 N–H and O–H groups in total. The second-order valence-corrected chi connectivity index (χ2v) is 7.15. The average Bonchev–Trinajstić information content (AvgIpc) is 3.20. The van der Waals surface area contributed by atoms with Gasteiger partial charge in [-0.05, 0) is 48.7 Å². The summed E-state index contributed by atoms with van der Waals surface area (Å²) in [5, 5.41) is 0. The minimum atomic E-state index is -0.170. The Bertz CT molecular complexity index is 1180. The van der Waals surface area contributed by atoms with Crippen molar-refractivity contribution in [1.29, 1.82) is 0 Å². The van der Waals surface area contributed by atoms with Crippen molar-refractivity contribution < 1.29 is 4.42 Å². The number of hydrogen-bond donors (Lipinski definition) is 1. The summed E-state index contributed by atoms with van der Waals surface area (Å²) in [5.41, 5.74) is 1.35. The molecule has 0 bridgehead atoms. The van der Waals surface area contributed by atoms with E-state index in [1.165, 1.54) is 15.9 Å². The molecule has 8 heteroatoms. The Morgan fingerprint density at radius 3 is 2.62 bits per heavy atom. The first-order valence-electron chi connectivity index (χ1n) is 7.11. The quantitative estimate of drug-likeness (QED) is 0.545. The minimum absolute atomic E-state index is 0.170. The summed E-state index contributed by atoms with van der Waals surface area (Å²) in [5.74, 6) is 0.669. The number of fused-ring (bicyclic) bond motifs is 1. The van der Waals surface area contributed by atoms with Gasteiger partial charge >= 0.3 is 0 Å². The third-order valence-corrected chi connectivity index (χ3v) is 5.31. The van der Waals surface area contributed by atoms with Crippen molar-refractivity contribution >= 4 is 46.1 Å². The van der Waals surface area contributed by atoms with Crippen molar-refractivity contribution in [3.8, 4) is 5.69 Å². The monoisotopic (exact) mass is 373 g/mol. The summed E-state index contributed by atoms with van der Waals surface area (Å²) in [6.07, 6.45) is 1.57. The Morgan fingerprint density at radius 2 is 1.92 bits per heavy atom. The number of aromatic amines is 1. The van der Waals surface area contributed by atoms with Crippen LogP contribution in [-0.2, 0) is 6.54 Å². The minimum Gasteiger partial charge on any atom is -0.467 e. The fourth-order valence-corrected chi connectivity index (χ4v) is 4.12. The largest absolute Gasteiger partial charge is 0.467 e. The molecule has 120 valence electrons. The molecule has 4 aromatic rings. The Kier molecular flexibility index (Phi) is 3.79. The average molecular weight is 373 g/mol. The molecule has 24 heavy (non-hydrogen) atoms. The first kappa shape index (κ1) is 15.3. The van der Waals surface area contributed by atoms with Crippen LogP contribution < -0.4 is 5.56 Å². The van der Waals surface area contributed by atoms with Crippen molar-refractivity contribution in [3.05, 3.63) is 73.6 Å². The van der Waals surface area contributed by atoms with Crippen LogP contribution >= 0.6 is 35.8 Å². The number of benzene rings is 1. The molecule has 3 aromatic heterocycles. The van der Waals surface area contributed by atoms with Gasteiger partial charge < -0.3 is 9.40 Å². The Hall–Kier alpha value is -2.29. The van der Waals surface area contributed by atoms with Crippen LogP contribution in [0.2, 0.25) is 0 Å². The molecule has 0 unspecified atom stereocenters. The number of nitrogens with zero attached hydrogens (tertiary/aromatic N) is 2. The zero-order valence-electron chi connectivity index (χ0n) is 12.3. The van der Waals surface area contributed by atoms with Gasteiger partial charge in [0.05, 0.1) is 12.8 Å². The van der Waals surface area contributed by atoms with Crippen LogP contribution in [0.1, 0.15) is 5.76 Å². The van der Waals surface area contributed by atoms with Gasteiger partial charge in [0.25, 0.3) is 5.56 Å². The van der Waals surface area contributed by atoms with Gasteiger partial charge in [0, 0.05) is 5.69 Å². The van der Waals surface area contributed by atoms with Crippen LogP contribution in [0.3, 0.4) is 0 Å². The van der Waals surface area contributed by atoms with E-state index >= 15 is 0 Å². The molecule has 0 aliphatic rings. The summed E-state index contributed by atoms with van der Waals surface area (Å²) in [7, 11) is 0. The van der Waals surface area contributed by atoms with E-state index in [2.05, 4.69) is 4.98 Å². The highest BCUT2D eigenvalue weighted by Crippen LogP contribution is 2.22. The molecule has 0 amide bonds. The van der Waals surface area contributed by atoms with Crippen molar-refractivity contribution in [2.75, 3.05) is 0 Å². The molecule has 0 atom stereocenters. The number of furan rings is 1. The number of aromatic nitrogens is 3. The van der Waals surface area contributed by atoms with Gasteiger partial charge in [-0.25, -0.2) is 0 Å². The number of nitrogens with one attached hydrogen (secondary N) is 1. The third-order valence-electron chi connectivity index (χ3n) is 3.63. The van der Waals surface area contributed by atoms with Crippen molar-refractivity contribution in [2.45, 2.75) is 6.54 Å². The van der Waals surface area contributed by atoms with E-state index in [9.17, 15) is 4.79 Å². The van der Waals surface area contributed by atoms with E-state index in [0.29, 0.717) is 24.8 Å². The second kappa shape index (κ2) is 5.97. The molecular formula is C16H11N3O2S3. The van der Waals surface area contributed by atoms with Crippen molar-refractivity contribution in [1.82, 2.24) is 14.1 Å². The fraction of sp³-hybridized carbons (Fsp3) is 0.0625. The Morgan fingerprint density at radius 1 is 1.12 bits per heavy atom. The van der Waals surface area contributed by atoms with Gasteiger partial charge in [-0.15, -0.1) is 0 Å². The van der Waals surface area contributed by atoms with Gasteiger partial charge in [-0.1, -0.05) is 29.5 Å². The summed E-state index contributed by atoms with van der Waals surface area (Å²) >= 11 is 12.1. The van der Waals surface area contributed by atoms with E-state index < -0.39 is 0 Å². The maximum atomic E-state index is 12.9. The highest BCUT2D eigenvalue weighted by Gasteiger charge is 2.14. The van der Waals surface area contributed by atoms with Gasteiger partial charge in [0.1, 0.15) is 16.1 Å². The van der Waals surface area contributed by atoms with Gasteiger partial charge in [0.2, 0.25) is 0 Å². The zero-order valence-corrected chi connectivity index (χ0v) is 14.7. The SMILES string of the molecule is O=c1c2sc(=S)n(-c3ccccc3)c2[nH]c(=S)n1Cc1ccco1. The lowest BCUT2D eigenvalue weighted by Crippen LogP contribution is -2.22. The van der Waals surface area contributed by atoms with Crippen molar-refractivity contribution in [2.24, 2.45) is 0 Å². The summed E-state index contributed by atoms with van der Waals surface area (Å²) in [4.78, 5) is 16.0. The molecule has 4 rings (SSSR count). The van der Waals surface area contributed by atoms with Crippen LogP contribution in [0.15, 0.2) is 57.9 Å². The maximum absolute atomic E-state index is 12.9. The molecule has 0 aliphatic carbocycles. The molecule has 0 saturated heterocycles. The number of hydrogen-bond acceptors (Lipinski definition) is 5. The van der Waals surface area contributed by atoms with Crippen LogP contribution in [0, 0.1) is 8.73 Å². The Labute approximate surface area is 150 Å². The lowest BCUT2D eigenvalue weighted by Gasteiger charge is -2.07. The van der Waals surface area contributed by atoms with Gasteiger partial charge in [-0.3, -0.25) is 13.9 Å². The standard InChI is InChI=1S/C16H11N3O2S3/c20-14-12-13(17-15(22)18(14)9-11-7-4-8-21-11)19(16(23)24-12)10-5-2-1-3-6-10/h1-8H,9H2,(H,17,22). The highest BCUT2D eigenvalue weighted by atomic mass is 32.1. The van der Waals surface area contributed by atoms with Crippen molar-refractivity contribution in [3.63, 3.8) is 0 Å². The second-order valence-electron chi connectivity index (χ2n) is 5.12. The van der Waals surface area contributed by atoms with Gasteiger partial charge in [-0.2, -0.15) is 0 Å². The molecule has 1 aromatic carbocycles. The zero-order chi connectivity index (χ0) is 16.7. The lowest BCUT2D eigenvalue weighted by atomic mass is 10.3. The number of para-hydroxylation sites is 1. The lowest BCUT2D eigenvalue weighted by molar-refractivity contribution is 0.487. The van der Waals surface area contributed by atoms with E-state index in [4.69, 9.17) is 28.9 Å². The predicted molar refractivity (Wildman–Crippen MR) is 99.2 cm³/mol. The maximum Gasteiger partial charge on any atom is 0.274 e. The number of thiazole rings is 1. The van der Waals surface area contributed by atoms with E-state index in [0.717, 1.165) is 5.69 Å². The first-order valence-corrected chi connectivity index (χ1v) is 8.75. The molecule has 3 heterocycles. The third kappa shape index (κ3) is 2.48. The summed E-state index contributed by atoms with van der Waals surface area (Å²) in [6.45, 7) is 0.285. The molecule has 0 radical (unpaired) electrons. The van der Waals surface area contributed by atoms with Gasteiger partial charge in [0.15, 0.2) is 8.73 Å².